The average molecular weight is 276 g/mol. The van der Waals surface area contributed by atoms with Gasteiger partial charge in [-0.2, -0.15) is 0 Å². The van der Waals surface area contributed by atoms with Crippen LogP contribution in [-0.4, -0.2) is 52.3 Å². The number of nitrogens with zero attached hydrogens (tertiary/aromatic N) is 2. The summed E-state index contributed by atoms with van der Waals surface area (Å²) in [4.78, 5) is 17.9. The predicted octanol–water partition coefficient (Wildman–Crippen LogP) is 0.660. The number of carbonyl (C=O) groups excluding carboxylic acids is 1. The van der Waals surface area contributed by atoms with E-state index in [1.54, 1.807) is 17.2 Å². The van der Waals surface area contributed by atoms with Gasteiger partial charge in [-0.25, -0.2) is 0 Å². The Morgan fingerprint density at radius 3 is 2.80 bits per heavy atom. The van der Waals surface area contributed by atoms with Gasteiger partial charge in [0.1, 0.15) is 6.61 Å². The van der Waals surface area contributed by atoms with Gasteiger partial charge >= 0.3 is 0 Å². The molecule has 0 aliphatic heterocycles. The van der Waals surface area contributed by atoms with Crippen LogP contribution in [0.4, 0.5) is 0 Å². The largest absolute Gasteiger partial charge is 0.395 e. The molecule has 20 heavy (non-hydrogen) atoms. The summed E-state index contributed by atoms with van der Waals surface area (Å²) < 4.78 is 0. The van der Waals surface area contributed by atoms with Gasteiger partial charge in [0.2, 0.25) is 0 Å². The van der Waals surface area contributed by atoms with Crippen molar-refractivity contribution in [3.8, 4) is 11.8 Å². The maximum absolute atomic E-state index is 12.3. The van der Waals surface area contributed by atoms with E-state index in [4.69, 9.17) is 10.2 Å². The first-order chi connectivity index (χ1) is 9.72. The normalized spacial score (nSPS) is 9.75. The Morgan fingerprint density at radius 1 is 1.35 bits per heavy atom. The lowest BCUT2D eigenvalue weighted by atomic mass is 10.1. The number of pyridine rings is 1. The predicted molar refractivity (Wildman–Crippen MR) is 76.1 cm³/mol. The van der Waals surface area contributed by atoms with Crippen LogP contribution in [0.3, 0.4) is 0 Å². The zero-order chi connectivity index (χ0) is 14.8. The molecule has 1 rings (SSSR count). The van der Waals surface area contributed by atoms with Gasteiger partial charge in [0, 0.05) is 31.0 Å². The van der Waals surface area contributed by atoms with Crippen molar-refractivity contribution in [2.24, 2.45) is 0 Å². The van der Waals surface area contributed by atoms with Gasteiger partial charge in [0.25, 0.3) is 5.91 Å². The number of unbranched alkanes of at least 4 members (excludes halogenated alkanes) is 1. The average Bonchev–Trinajstić information content (AvgIpc) is 2.49. The number of hydrogen-bond acceptors (Lipinski definition) is 4. The molecule has 0 aromatic carbocycles. The summed E-state index contributed by atoms with van der Waals surface area (Å²) in [5.74, 6) is 5.08. The molecule has 0 saturated heterocycles. The molecule has 1 aromatic rings. The first-order valence-corrected chi connectivity index (χ1v) is 6.67. The van der Waals surface area contributed by atoms with Crippen LogP contribution in [0.2, 0.25) is 0 Å². The summed E-state index contributed by atoms with van der Waals surface area (Å²) in [6, 6.07) is 1.65. The van der Waals surface area contributed by atoms with Gasteiger partial charge in [0.05, 0.1) is 12.2 Å². The van der Waals surface area contributed by atoms with Crippen molar-refractivity contribution in [3.05, 3.63) is 29.6 Å². The highest BCUT2D eigenvalue weighted by Crippen LogP contribution is 2.07. The third-order valence-corrected chi connectivity index (χ3v) is 2.74. The fourth-order valence-electron chi connectivity index (χ4n) is 1.73. The van der Waals surface area contributed by atoms with E-state index in [2.05, 4.69) is 16.8 Å². The molecule has 0 fully saturated rings. The number of amides is 1. The standard InChI is InChI=1S/C15H20N2O3/c1-2-3-6-17(7-9-19)15(20)14-10-13(5-4-8-18)11-16-12-14/h10-12,18-19H,2-3,6-9H2,1H3. The SMILES string of the molecule is CCCCN(CCO)C(=O)c1cncc(C#CCO)c1. The van der Waals surface area contributed by atoms with Gasteiger partial charge in [-0.1, -0.05) is 25.2 Å². The lowest BCUT2D eigenvalue weighted by Crippen LogP contribution is -2.34. The molecular weight excluding hydrogens is 256 g/mol. The Bertz CT molecular complexity index is 491. The van der Waals surface area contributed by atoms with Gasteiger partial charge in [-0.15, -0.1) is 0 Å². The minimum atomic E-state index is -0.231. The molecule has 0 unspecified atom stereocenters. The summed E-state index contributed by atoms with van der Waals surface area (Å²) in [7, 11) is 0. The molecule has 0 aliphatic rings. The van der Waals surface area contributed by atoms with E-state index in [0.717, 1.165) is 12.8 Å². The molecule has 0 atom stereocenters. The smallest absolute Gasteiger partial charge is 0.255 e. The molecule has 0 bridgehead atoms. The van der Waals surface area contributed by atoms with Crippen LogP contribution >= 0.6 is 0 Å². The summed E-state index contributed by atoms with van der Waals surface area (Å²) in [6.07, 6.45) is 4.91. The van der Waals surface area contributed by atoms with Crippen molar-refractivity contribution in [3.63, 3.8) is 0 Å². The number of aliphatic hydroxyl groups excluding tert-OH is 2. The molecule has 1 aromatic heterocycles. The van der Waals surface area contributed by atoms with Gasteiger partial charge in [0.15, 0.2) is 0 Å². The molecule has 1 heterocycles. The molecule has 2 N–H and O–H groups in total. The monoisotopic (exact) mass is 276 g/mol. The van der Waals surface area contributed by atoms with E-state index in [1.807, 2.05) is 6.92 Å². The topological polar surface area (TPSA) is 73.7 Å². The molecule has 0 saturated carbocycles. The molecular formula is C15H20N2O3. The van der Waals surface area contributed by atoms with Crippen LogP contribution in [0.1, 0.15) is 35.7 Å². The number of hydrogen-bond donors (Lipinski definition) is 2. The van der Waals surface area contributed by atoms with E-state index in [0.29, 0.717) is 24.2 Å². The minimum absolute atomic E-state index is 0.0626. The van der Waals surface area contributed by atoms with E-state index in [9.17, 15) is 4.79 Å². The second-order valence-electron chi connectivity index (χ2n) is 4.29. The van der Waals surface area contributed by atoms with Crippen LogP contribution < -0.4 is 0 Å². The number of rotatable bonds is 6. The lowest BCUT2D eigenvalue weighted by molar-refractivity contribution is 0.0719. The molecule has 5 nitrogen and oxygen atoms in total. The second kappa shape index (κ2) is 9.08. The maximum Gasteiger partial charge on any atom is 0.255 e. The van der Waals surface area contributed by atoms with Crippen LogP contribution in [0.15, 0.2) is 18.5 Å². The van der Waals surface area contributed by atoms with Gasteiger partial charge in [-0.05, 0) is 12.5 Å². The highest BCUT2D eigenvalue weighted by Gasteiger charge is 2.15. The summed E-state index contributed by atoms with van der Waals surface area (Å²) in [5.41, 5.74) is 1.03. The van der Waals surface area contributed by atoms with Gasteiger partial charge in [-0.3, -0.25) is 9.78 Å². The Morgan fingerprint density at radius 2 is 2.15 bits per heavy atom. The van der Waals surface area contributed by atoms with Crippen molar-refractivity contribution in [2.75, 3.05) is 26.3 Å². The minimum Gasteiger partial charge on any atom is -0.395 e. The molecule has 0 aliphatic carbocycles. The van der Waals surface area contributed by atoms with Crippen LogP contribution in [0.5, 0.6) is 0 Å². The van der Waals surface area contributed by atoms with E-state index in [1.165, 1.54) is 6.20 Å². The van der Waals surface area contributed by atoms with Crippen LogP contribution in [0, 0.1) is 11.8 Å². The fraction of sp³-hybridized carbons (Fsp3) is 0.467. The number of aliphatic hydroxyl groups is 2. The molecule has 1 amide bonds. The van der Waals surface area contributed by atoms with E-state index < -0.39 is 0 Å². The third-order valence-electron chi connectivity index (χ3n) is 2.74. The van der Waals surface area contributed by atoms with Crippen LogP contribution in [-0.2, 0) is 0 Å². The summed E-state index contributed by atoms with van der Waals surface area (Å²) in [6.45, 7) is 2.68. The molecule has 0 radical (unpaired) electrons. The van der Waals surface area contributed by atoms with E-state index in [-0.39, 0.29) is 19.1 Å². The molecule has 0 spiro atoms. The van der Waals surface area contributed by atoms with Crippen molar-refractivity contribution < 1.29 is 15.0 Å². The zero-order valence-corrected chi connectivity index (χ0v) is 11.7. The lowest BCUT2D eigenvalue weighted by Gasteiger charge is -2.21. The molecule has 108 valence electrons. The van der Waals surface area contributed by atoms with E-state index >= 15 is 0 Å². The Balaban J connectivity index is 2.87. The highest BCUT2D eigenvalue weighted by molar-refractivity contribution is 5.94. The quantitative estimate of drug-likeness (QED) is 0.749. The van der Waals surface area contributed by atoms with Crippen molar-refractivity contribution in [2.45, 2.75) is 19.8 Å². The third kappa shape index (κ3) is 5.00. The Hall–Kier alpha value is -1.90. The first kappa shape index (κ1) is 16.2. The number of aromatic nitrogens is 1. The zero-order valence-electron chi connectivity index (χ0n) is 11.7. The Labute approximate surface area is 119 Å². The van der Waals surface area contributed by atoms with Crippen molar-refractivity contribution >= 4 is 5.91 Å². The highest BCUT2D eigenvalue weighted by atomic mass is 16.3. The van der Waals surface area contributed by atoms with Gasteiger partial charge < -0.3 is 15.1 Å². The maximum atomic E-state index is 12.3. The Kier molecular flexibility index (Phi) is 7.33. The van der Waals surface area contributed by atoms with Crippen LogP contribution in [0.25, 0.3) is 0 Å². The summed E-state index contributed by atoms with van der Waals surface area (Å²) in [5, 5.41) is 17.7. The summed E-state index contributed by atoms with van der Waals surface area (Å²) >= 11 is 0. The van der Waals surface area contributed by atoms with Crippen molar-refractivity contribution in [1.29, 1.82) is 0 Å². The number of carbonyl (C=O) groups is 1. The fourth-order valence-corrected chi connectivity index (χ4v) is 1.73. The van der Waals surface area contributed by atoms with Crippen molar-refractivity contribution in [1.82, 2.24) is 9.88 Å². The molecule has 5 heteroatoms. The first-order valence-electron chi connectivity index (χ1n) is 6.67. The second-order valence-corrected chi connectivity index (χ2v) is 4.29.